The van der Waals surface area contributed by atoms with Gasteiger partial charge in [-0.25, -0.2) is 0 Å². The van der Waals surface area contributed by atoms with Crippen molar-refractivity contribution in [3.05, 3.63) is 160 Å². The first kappa shape index (κ1) is 21.4. The molecule has 38 heavy (non-hydrogen) atoms. The van der Waals surface area contributed by atoms with Gasteiger partial charge in [-0.2, -0.15) is 0 Å². The maximum atomic E-state index is 3.50. The molecule has 0 spiro atoms. The molecule has 184 valence electrons. The average molecular weight is 493 g/mol. The molecular formula is C34H28N4. The van der Waals surface area contributed by atoms with E-state index in [1.165, 1.54) is 56.0 Å². The van der Waals surface area contributed by atoms with Crippen molar-refractivity contribution < 1.29 is 0 Å². The summed E-state index contributed by atoms with van der Waals surface area (Å²) in [7, 11) is 4.29. The SMILES string of the molecule is Cn1cccc1C1=C2C=CC3=C4C(=CC=C(C(c5ccc[nH]5)=C1)[C@@H]24)[C@H](c1cccn1C)C=C3c1ccc[nH]1. The minimum atomic E-state index is 0.171. The standard InChI is InChI=1S/C34H28N4/c1-37-17-5-9-31(37)27-19-25(29-7-3-15-35-29)21-12-14-24-28(32-10-6-18-38(32)2)20-26(30-8-4-16-36-30)22-11-13-23(27)33(21)34(22)24/h3-20,27,34-36H,1-2H3/t27-,34+/m1/s1. The van der Waals surface area contributed by atoms with E-state index in [2.05, 4.69) is 131 Å². The van der Waals surface area contributed by atoms with E-state index in [1.807, 2.05) is 12.4 Å². The van der Waals surface area contributed by atoms with Crippen LogP contribution in [-0.2, 0) is 14.1 Å². The molecule has 0 fully saturated rings. The number of nitrogens with zero attached hydrogens (tertiary/aromatic N) is 2. The summed E-state index contributed by atoms with van der Waals surface area (Å²) in [5.74, 6) is 0.348. The lowest BCUT2D eigenvalue weighted by Gasteiger charge is -2.42. The van der Waals surface area contributed by atoms with Crippen LogP contribution in [0.5, 0.6) is 0 Å². The third kappa shape index (κ3) is 2.91. The van der Waals surface area contributed by atoms with E-state index in [4.69, 9.17) is 0 Å². The van der Waals surface area contributed by atoms with Crippen LogP contribution in [-0.4, -0.2) is 19.1 Å². The molecule has 4 heterocycles. The van der Waals surface area contributed by atoms with E-state index >= 15 is 0 Å². The molecule has 0 radical (unpaired) electrons. The minimum absolute atomic E-state index is 0.171. The Hall–Kier alpha value is -4.70. The highest BCUT2D eigenvalue weighted by Gasteiger charge is 2.42. The van der Waals surface area contributed by atoms with Crippen molar-refractivity contribution in [2.45, 2.75) is 5.92 Å². The Kier molecular flexibility index (Phi) is 4.45. The summed E-state index contributed by atoms with van der Waals surface area (Å²) in [6.07, 6.45) is 22.6. The van der Waals surface area contributed by atoms with Gasteiger partial charge >= 0.3 is 0 Å². The number of nitrogens with one attached hydrogen (secondary N) is 2. The maximum Gasteiger partial charge on any atom is 0.0481 e. The molecule has 4 aliphatic rings. The number of rotatable bonds is 4. The number of hydrogen-bond acceptors (Lipinski definition) is 0. The second kappa shape index (κ2) is 7.90. The normalized spacial score (nSPS) is 21.7. The molecule has 0 unspecified atom stereocenters. The first-order valence-electron chi connectivity index (χ1n) is 13.2. The van der Waals surface area contributed by atoms with Gasteiger partial charge in [0, 0.05) is 90.2 Å². The molecule has 0 bridgehead atoms. The van der Waals surface area contributed by atoms with Gasteiger partial charge in [0.05, 0.1) is 0 Å². The maximum absolute atomic E-state index is 3.50. The van der Waals surface area contributed by atoms with Crippen molar-refractivity contribution in [3.8, 4) is 0 Å². The van der Waals surface area contributed by atoms with E-state index in [9.17, 15) is 0 Å². The summed E-state index contributed by atoms with van der Waals surface area (Å²) in [4.78, 5) is 6.99. The zero-order valence-electron chi connectivity index (χ0n) is 21.4. The number of hydrogen-bond donors (Lipinski definition) is 2. The third-order valence-corrected chi connectivity index (χ3v) is 8.55. The molecule has 4 heteroatoms. The van der Waals surface area contributed by atoms with Crippen LogP contribution in [0.1, 0.15) is 28.7 Å². The number of allylic oxidation sites excluding steroid dienone is 14. The number of aromatic nitrogens is 4. The average Bonchev–Trinajstić information content (AvgIpc) is 3.76. The van der Waals surface area contributed by atoms with Crippen molar-refractivity contribution in [1.82, 2.24) is 19.1 Å². The van der Waals surface area contributed by atoms with Gasteiger partial charge < -0.3 is 19.1 Å². The summed E-state index contributed by atoms with van der Waals surface area (Å²) in [5.41, 5.74) is 15.6. The number of aryl methyl sites for hydroxylation is 2. The Morgan fingerprint density at radius 1 is 0.711 bits per heavy atom. The van der Waals surface area contributed by atoms with Gasteiger partial charge in [-0.1, -0.05) is 30.4 Å². The lowest BCUT2D eigenvalue weighted by Crippen LogP contribution is -2.27. The highest BCUT2D eigenvalue weighted by molar-refractivity contribution is 5.99. The van der Waals surface area contributed by atoms with Gasteiger partial charge in [0.1, 0.15) is 0 Å². The van der Waals surface area contributed by atoms with E-state index in [0.29, 0.717) is 0 Å². The Bertz CT molecular complexity index is 1810. The number of aromatic amines is 2. The highest BCUT2D eigenvalue weighted by Crippen LogP contribution is 2.57. The summed E-state index contributed by atoms with van der Waals surface area (Å²) in [6, 6.07) is 17.3. The minimum Gasteiger partial charge on any atom is -0.361 e. The van der Waals surface area contributed by atoms with Gasteiger partial charge in [0.15, 0.2) is 0 Å². The molecule has 0 aliphatic heterocycles. The molecule has 4 aromatic heterocycles. The topological polar surface area (TPSA) is 41.4 Å². The quantitative estimate of drug-likeness (QED) is 0.305. The van der Waals surface area contributed by atoms with E-state index < -0.39 is 0 Å². The van der Waals surface area contributed by atoms with Crippen molar-refractivity contribution in [2.24, 2.45) is 20.0 Å². The van der Waals surface area contributed by atoms with Crippen LogP contribution in [0.15, 0.2) is 138 Å². The smallest absolute Gasteiger partial charge is 0.0481 e. The molecule has 4 nitrogen and oxygen atoms in total. The van der Waals surface area contributed by atoms with Gasteiger partial charge in [0.25, 0.3) is 0 Å². The molecule has 4 aliphatic carbocycles. The summed E-state index contributed by atoms with van der Waals surface area (Å²) < 4.78 is 4.49. The Morgan fingerprint density at radius 2 is 1.45 bits per heavy atom. The van der Waals surface area contributed by atoms with Crippen LogP contribution in [0.3, 0.4) is 0 Å². The second-order valence-electron chi connectivity index (χ2n) is 10.5. The van der Waals surface area contributed by atoms with Crippen LogP contribution in [0, 0.1) is 5.92 Å². The van der Waals surface area contributed by atoms with E-state index in [-0.39, 0.29) is 11.8 Å². The predicted octanol–water partition coefficient (Wildman–Crippen LogP) is 7.10. The van der Waals surface area contributed by atoms with Crippen molar-refractivity contribution in [3.63, 3.8) is 0 Å². The largest absolute Gasteiger partial charge is 0.361 e. The molecule has 0 saturated heterocycles. The third-order valence-electron chi connectivity index (χ3n) is 8.55. The lowest BCUT2D eigenvalue weighted by molar-refractivity contribution is 0.760. The number of H-pyrrole nitrogens is 2. The molecule has 8 rings (SSSR count). The lowest BCUT2D eigenvalue weighted by atomic mass is 9.62. The molecule has 0 saturated carbocycles. The van der Waals surface area contributed by atoms with Gasteiger partial charge in [-0.3, -0.25) is 0 Å². The second-order valence-corrected chi connectivity index (χ2v) is 10.5. The van der Waals surface area contributed by atoms with Crippen LogP contribution in [0.25, 0.3) is 16.7 Å². The Morgan fingerprint density at radius 3 is 2.13 bits per heavy atom. The van der Waals surface area contributed by atoms with Crippen LogP contribution in [0.4, 0.5) is 0 Å². The zero-order valence-corrected chi connectivity index (χ0v) is 21.4. The van der Waals surface area contributed by atoms with E-state index in [0.717, 1.165) is 11.4 Å². The zero-order chi connectivity index (χ0) is 25.4. The van der Waals surface area contributed by atoms with Crippen LogP contribution >= 0.6 is 0 Å². The Labute approximate surface area is 222 Å². The first-order valence-corrected chi connectivity index (χ1v) is 13.2. The Balaban J connectivity index is 1.43. The monoisotopic (exact) mass is 492 g/mol. The fourth-order valence-corrected chi connectivity index (χ4v) is 6.80. The van der Waals surface area contributed by atoms with Crippen molar-refractivity contribution in [1.29, 1.82) is 0 Å². The first-order chi connectivity index (χ1) is 18.7. The molecule has 2 N–H and O–H groups in total. The fraction of sp³-hybridized carbons (Fsp3) is 0.118. The fourth-order valence-electron chi connectivity index (χ4n) is 6.80. The summed E-state index contributed by atoms with van der Waals surface area (Å²) >= 11 is 0. The molecule has 0 aromatic carbocycles. The molecular weight excluding hydrogens is 464 g/mol. The van der Waals surface area contributed by atoms with Gasteiger partial charge in [-0.15, -0.1) is 0 Å². The van der Waals surface area contributed by atoms with Crippen molar-refractivity contribution >= 4 is 16.7 Å². The van der Waals surface area contributed by atoms with Crippen LogP contribution < -0.4 is 0 Å². The highest BCUT2D eigenvalue weighted by atomic mass is 14.9. The predicted molar refractivity (Wildman–Crippen MR) is 154 cm³/mol. The summed E-state index contributed by atoms with van der Waals surface area (Å²) in [6.45, 7) is 0. The molecule has 4 aromatic rings. The van der Waals surface area contributed by atoms with E-state index in [1.54, 1.807) is 0 Å². The molecule has 2 atom stereocenters. The van der Waals surface area contributed by atoms with Gasteiger partial charge in [0.2, 0.25) is 0 Å². The van der Waals surface area contributed by atoms with Crippen LogP contribution in [0.2, 0.25) is 0 Å². The van der Waals surface area contributed by atoms with Crippen molar-refractivity contribution in [2.75, 3.05) is 0 Å². The summed E-state index contributed by atoms with van der Waals surface area (Å²) in [5, 5.41) is 0. The van der Waals surface area contributed by atoms with Gasteiger partial charge in [-0.05, 0) is 82.5 Å². The molecule has 0 amide bonds.